The molecule has 1 aliphatic rings. The van der Waals surface area contributed by atoms with Gasteiger partial charge in [0, 0.05) is 18.5 Å². The van der Waals surface area contributed by atoms with Crippen molar-refractivity contribution in [2.75, 3.05) is 7.11 Å². The number of benzene rings is 4. The van der Waals surface area contributed by atoms with Gasteiger partial charge in [-0.1, -0.05) is 91.0 Å². The van der Waals surface area contributed by atoms with Crippen molar-refractivity contribution in [3.8, 4) is 0 Å². The lowest BCUT2D eigenvalue weighted by Gasteiger charge is -2.36. The van der Waals surface area contributed by atoms with Gasteiger partial charge in [0.2, 0.25) is 0 Å². The number of aliphatic hydroxyl groups is 2. The van der Waals surface area contributed by atoms with Crippen molar-refractivity contribution in [3.05, 3.63) is 137 Å². The minimum Gasteiger partial charge on any atom is -0.469 e. The number of nitrogens with zero attached hydrogens (tertiary/aromatic N) is 3. The van der Waals surface area contributed by atoms with Crippen LogP contribution in [-0.2, 0) is 41.9 Å². The van der Waals surface area contributed by atoms with Crippen LogP contribution in [0.2, 0.25) is 0 Å². The maximum atomic E-state index is 14.9. The zero-order valence-corrected chi connectivity index (χ0v) is 25.7. The number of aromatic nitrogens is 2. The first-order valence-corrected chi connectivity index (χ1v) is 15.5. The minimum absolute atomic E-state index is 0.106. The molecule has 0 radical (unpaired) electrons. The molecule has 1 fully saturated rings. The SMILES string of the molecule is COC(=O)Cc1cccc(CN2C(=O)N(Cc3ccc4[nH]ncc4c3)[C@H](Cc3ccccc3)[C@H](O)[C@@H](O)[C@H]2Cc2ccccc2)c1. The highest BCUT2D eigenvalue weighted by atomic mass is 16.5. The second-order valence-electron chi connectivity index (χ2n) is 11.9. The lowest BCUT2D eigenvalue weighted by atomic mass is 9.91. The van der Waals surface area contributed by atoms with Crippen molar-refractivity contribution < 1.29 is 24.5 Å². The third-order valence-corrected chi connectivity index (χ3v) is 8.78. The molecule has 2 heterocycles. The molecule has 236 valence electrons. The van der Waals surface area contributed by atoms with E-state index in [0.29, 0.717) is 12.8 Å². The number of esters is 1. The Kier molecular flexibility index (Phi) is 9.42. The number of aromatic amines is 1. The number of aliphatic hydroxyl groups excluding tert-OH is 2. The molecular formula is C37H38N4O5. The van der Waals surface area contributed by atoms with Gasteiger partial charge in [0.05, 0.1) is 37.3 Å². The van der Waals surface area contributed by atoms with Gasteiger partial charge in [-0.25, -0.2) is 4.79 Å². The van der Waals surface area contributed by atoms with Crippen LogP contribution in [-0.4, -0.2) is 73.6 Å². The molecule has 0 bridgehead atoms. The zero-order valence-electron chi connectivity index (χ0n) is 25.7. The van der Waals surface area contributed by atoms with Crippen molar-refractivity contribution in [1.29, 1.82) is 0 Å². The normalized spacial score (nSPS) is 20.1. The minimum atomic E-state index is -1.24. The van der Waals surface area contributed by atoms with E-state index in [1.807, 2.05) is 103 Å². The van der Waals surface area contributed by atoms with Gasteiger partial charge in [0.25, 0.3) is 0 Å². The van der Waals surface area contributed by atoms with E-state index in [4.69, 9.17) is 4.74 Å². The Labute approximate surface area is 268 Å². The van der Waals surface area contributed by atoms with E-state index in [9.17, 15) is 19.8 Å². The summed E-state index contributed by atoms with van der Waals surface area (Å²) in [5.41, 5.74) is 5.22. The molecule has 4 aromatic carbocycles. The third kappa shape index (κ3) is 6.96. The molecule has 5 aromatic rings. The molecule has 4 atom stereocenters. The highest BCUT2D eigenvalue weighted by molar-refractivity contribution is 5.79. The predicted molar refractivity (Wildman–Crippen MR) is 175 cm³/mol. The number of methoxy groups -OCH3 is 1. The Bertz CT molecular complexity index is 1780. The van der Waals surface area contributed by atoms with Crippen LogP contribution in [0.3, 0.4) is 0 Å². The topological polar surface area (TPSA) is 119 Å². The number of carbonyl (C=O) groups excluding carboxylic acids is 2. The van der Waals surface area contributed by atoms with E-state index >= 15 is 0 Å². The summed E-state index contributed by atoms with van der Waals surface area (Å²) in [7, 11) is 1.35. The van der Waals surface area contributed by atoms with Crippen molar-refractivity contribution in [2.45, 2.75) is 56.6 Å². The first-order chi connectivity index (χ1) is 22.4. The average Bonchev–Trinajstić information content (AvgIpc) is 3.54. The number of fused-ring (bicyclic) bond motifs is 1. The second kappa shape index (κ2) is 14.0. The van der Waals surface area contributed by atoms with Crippen LogP contribution < -0.4 is 0 Å². The molecule has 9 heteroatoms. The molecule has 0 aliphatic carbocycles. The summed E-state index contributed by atoms with van der Waals surface area (Å²) in [5.74, 6) is -0.354. The molecule has 0 spiro atoms. The Morgan fingerprint density at radius 3 is 1.87 bits per heavy atom. The Morgan fingerprint density at radius 1 is 0.739 bits per heavy atom. The standard InChI is InChI=1S/C37H38N4O5/c1-46-34(42)21-27-13-8-14-28(17-27)23-40-32(19-25-9-4-2-5-10-25)35(43)36(44)33(20-26-11-6-3-7-12-26)41(37(40)45)24-29-15-16-31-30(18-29)22-38-39-31/h2-18,22,32-33,35-36,43-44H,19-21,23-24H2,1H3,(H,38,39)/t32-,33-,35+,36+/m1/s1. The Hall–Kier alpha value is -4.99. The lowest BCUT2D eigenvalue weighted by Crippen LogP contribution is -2.50. The van der Waals surface area contributed by atoms with E-state index in [1.165, 1.54) is 7.11 Å². The zero-order chi connectivity index (χ0) is 32.0. The summed E-state index contributed by atoms with van der Waals surface area (Å²) in [6, 6.07) is 31.0. The molecule has 0 saturated carbocycles. The maximum Gasteiger partial charge on any atom is 0.321 e. The number of rotatable bonds is 10. The fourth-order valence-corrected chi connectivity index (χ4v) is 6.38. The van der Waals surface area contributed by atoms with Gasteiger partial charge in [-0.3, -0.25) is 9.89 Å². The van der Waals surface area contributed by atoms with Gasteiger partial charge in [0.1, 0.15) is 12.2 Å². The van der Waals surface area contributed by atoms with Crippen LogP contribution in [0, 0.1) is 0 Å². The summed E-state index contributed by atoms with van der Waals surface area (Å²) < 4.78 is 4.86. The molecule has 0 unspecified atom stereocenters. The number of hydrogen-bond donors (Lipinski definition) is 3. The summed E-state index contributed by atoms with van der Waals surface area (Å²) >= 11 is 0. The number of ether oxygens (including phenoxy) is 1. The average molecular weight is 619 g/mol. The monoisotopic (exact) mass is 618 g/mol. The summed E-state index contributed by atoms with van der Waals surface area (Å²) in [6.45, 7) is 0.391. The number of amides is 2. The van der Waals surface area contributed by atoms with Crippen LogP contribution in [0.25, 0.3) is 10.9 Å². The number of H-pyrrole nitrogens is 1. The lowest BCUT2D eigenvalue weighted by molar-refractivity contribution is -0.139. The fraction of sp³-hybridized carbons (Fsp3) is 0.270. The molecule has 46 heavy (non-hydrogen) atoms. The van der Waals surface area contributed by atoms with Gasteiger partial charge in [0.15, 0.2) is 0 Å². The highest BCUT2D eigenvalue weighted by Crippen LogP contribution is 2.30. The molecule has 1 saturated heterocycles. The molecular weight excluding hydrogens is 580 g/mol. The fourth-order valence-electron chi connectivity index (χ4n) is 6.38. The van der Waals surface area contributed by atoms with E-state index in [-0.39, 0.29) is 31.5 Å². The van der Waals surface area contributed by atoms with Gasteiger partial charge in [-0.15, -0.1) is 0 Å². The molecule has 6 rings (SSSR count). The summed E-state index contributed by atoms with van der Waals surface area (Å²) in [4.78, 5) is 30.3. The molecule has 2 amide bonds. The van der Waals surface area contributed by atoms with Crippen molar-refractivity contribution >= 4 is 22.9 Å². The predicted octanol–water partition coefficient (Wildman–Crippen LogP) is 4.66. The second-order valence-corrected chi connectivity index (χ2v) is 11.9. The maximum absolute atomic E-state index is 14.9. The third-order valence-electron chi connectivity index (χ3n) is 8.78. The largest absolute Gasteiger partial charge is 0.469 e. The highest BCUT2D eigenvalue weighted by Gasteiger charge is 2.46. The molecule has 3 N–H and O–H groups in total. The van der Waals surface area contributed by atoms with Gasteiger partial charge in [-0.05, 0) is 52.8 Å². The summed E-state index contributed by atoms with van der Waals surface area (Å²) in [6.07, 6.45) is 0.0870. The van der Waals surface area contributed by atoms with Gasteiger partial charge in [-0.2, -0.15) is 5.10 Å². The van der Waals surface area contributed by atoms with Crippen LogP contribution in [0.15, 0.2) is 109 Å². The van der Waals surface area contributed by atoms with Crippen LogP contribution >= 0.6 is 0 Å². The molecule has 1 aliphatic heterocycles. The Balaban J connectivity index is 1.42. The number of hydrogen-bond acceptors (Lipinski definition) is 6. The number of carbonyl (C=O) groups is 2. The van der Waals surface area contributed by atoms with Crippen molar-refractivity contribution in [1.82, 2.24) is 20.0 Å². The smallest absolute Gasteiger partial charge is 0.321 e. The molecule has 1 aromatic heterocycles. The van der Waals surface area contributed by atoms with Crippen molar-refractivity contribution in [3.63, 3.8) is 0 Å². The number of nitrogens with one attached hydrogen (secondary N) is 1. The molecule has 9 nitrogen and oxygen atoms in total. The van der Waals surface area contributed by atoms with Crippen LogP contribution in [0.1, 0.15) is 27.8 Å². The van der Waals surface area contributed by atoms with Crippen molar-refractivity contribution in [2.24, 2.45) is 0 Å². The van der Waals surface area contributed by atoms with E-state index < -0.39 is 24.3 Å². The van der Waals surface area contributed by atoms with E-state index in [0.717, 1.165) is 38.7 Å². The Morgan fingerprint density at radius 2 is 1.28 bits per heavy atom. The quantitative estimate of drug-likeness (QED) is 0.196. The first-order valence-electron chi connectivity index (χ1n) is 15.5. The van der Waals surface area contributed by atoms with E-state index in [1.54, 1.807) is 16.0 Å². The number of urea groups is 1. The van der Waals surface area contributed by atoms with E-state index in [2.05, 4.69) is 10.2 Å². The van der Waals surface area contributed by atoms with Gasteiger partial charge >= 0.3 is 12.0 Å². The van der Waals surface area contributed by atoms with Gasteiger partial charge < -0.3 is 24.7 Å². The van der Waals surface area contributed by atoms with Crippen LogP contribution in [0.4, 0.5) is 4.79 Å². The summed E-state index contributed by atoms with van der Waals surface area (Å²) in [5, 5.41) is 31.9. The van der Waals surface area contributed by atoms with Crippen LogP contribution in [0.5, 0.6) is 0 Å². The first kappa shape index (κ1) is 31.0.